The molecule has 0 aliphatic rings. The summed E-state index contributed by atoms with van der Waals surface area (Å²) in [6.07, 6.45) is 6.38. The van der Waals surface area contributed by atoms with Crippen LogP contribution < -0.4 is 4.74 Å². The van der Waals surface area contributed by atoms with Crippen LogP contribution in [0.4, 0.5) is 4.39 Å². The van der Waals surface area contributed by atoms with Crippen molar-refractivity contribution in [2.45, 2.75) is 6.92 Å². The fraction of sp³-hybridized carbons (Fsp3) is 0.200. The van der Waals surface area contributed by atoms with Crippen LogP contribution in [0, 0.1) is 5.95 Å². The van der Waals surface area contributed by atoms with Crippen LogP contribution in [0.25, 0.3) is 16.9 Å². The predicted molar refractivity (Wildman–Crippen MR) is 78.3 cm³/mol. The second-order valence-electron chi connectivity index (χ2n) is 4.53. The topological polar surface area (TPSA) is 78.6 Å². The Kier molecular flexibility index (Phi) is 4.13. The number of carbonyl (C=O) groups is 1. The van der Waals surface area contributed by atoms with E-state index in [-0.39, 0.29) is 24.7 Å². The van der Waals surface area contributed by atoms with Gasteiger partial charge in [-0.2, -0.15) is 9.37 Å². The van der Waals surface area contributed by atoms with E-state index >= 15 is 0 Å². The highest BCUT2D eigenvalue weighted by atomic mass is 19.1. The van der Waals surface area contributed by atoms with Gasteiger partial charge in [-0.25, -0.2) is 9.78 Å². The molecule has 8 heteroatoms. The van der Waals surface area contributed by atoms with Gasteiger partial charge < -0.3 is 9.47 Å². The van der Waals surface area contributed by atoms with Crippen LogP contribution in [-0.2, 0) is 9.53 Å². The van der Waals surface area contributed by atoms with E-state index in [1.54, 1.807) is 29.9 Å². The lowest BCUT2D eigenvalue weighted by molar-refractivity contribution is -0.145. The summed E-state index contributed by atoms with van der Waals surface area (Å²) in [7, 11) is 0. The molecule has 0 aliphatic heterocycles. The Bertz CT molecular complexity index is 850. The Balaban J connectivity index is 1.83. The molecule has 0 saturated carbocycles. The molecule has 23 heavy (non-hydrogen) atoms. The number of rotatable bonds is 5. The van der Waals surface area contributed by atoms with Gasteiger partial charge in [0.15, 0.2) is 12.3 Å². The number of fused-ring (bicyclic) bond motifs is 1. The van der Waals surface area contributed by atoms with E-state index in [0.717, 1.165) is 0 Å². The van der Waals surface area contributed by atoms with Gasteiger partial charge in [-0.15, -0.1) is 0 Å². The van der Waals surface area contributed by atoms with Crippen molar-refractivity contribution < 1.29 is 18.7 Å². The summed E-state index contributed by atoms with van der Waals surface area (Å²) in [6.45, 7) is 1.63. The highest BCUT2D eigenvalue weighted by molar-refractivity contribution is 5.71. The minimum absolute atomic E-state index is 0.00907. The van der Waals surface area contributed by atoms with E-state index in [2.05, 4.69) is 15.0 Å². The third-order valence-corrected chi connectivity index (χ3v) is 3.06. The van der Waals surface area contributed by atoms with Crippen molar-refractivity contribution >= 4 is 11.6 Å². The zero-order valence-electron chi connectivity index (χ0n) is 12.3. The molecule has 7 nitrogen and oxygen atoms in total. The van der Waals surface area contributed by atoms with Crippen LogP contribution >= 0.6 is 0 Å². The summed E-state index contributed by atoms with van der Waals surface area (Å²) in [5.41, 5.74) is 1.42. The largest absolute Gasteiger partial charge is 0.466 e. The van der Waals surface area contributed by atoms with Gasteiger partial charge in [0, 0.05) is 18.5 Å². The van der Waals surface area contributed by atoms with E-state index in [9.17, 15) is 9.18 Å². The Hall–Kier alpha value is -3.03. The first kappa shape index (κ1) is 14.9. The minimum Gasteiger partial charge on any atom is -0.466 e. The molecule has 0 amide bonds. The maximum absolute atomic E-state index is 14.2. The smallest absolute Gasteiger partial charge is 0.344 e. The molecule has 3 aromatic rings. The molecule has 0 saturated heterocycles. The van der Waals surface area contributed by atoms with Gasteiger partial charge in [0.05, 0.1) is 30.3 Å². The lowest BCUT2D eigenvalue weighted by Crippen LogP contribution is -2.15. The average molecular weight is 316 g/mol. The fourth-order valence-corrected chi connectivity index (χ4v) is 2.07. The average Bonchev–Trinajstić information content (AvgIpc) is 2.97. The SMILES string of the molecule is CCOC(=O)COc1ccc(-c2cnc3cnccn23)c(F)n1. The van der Waals surface area contributed by atoms with Crippen molar-refractivity contribution in [3.63, 3.8) is 0 Å². The summed E-state index contributed by atoms with van der Waals surface area (Å²) < 4.78 is 25.8. The Labute approximate surface area is 130 Å². The molecule has 0 N–H and O–H groups in total. The lowest BCUT2D eigenvalue weighted by Gasteiger charge is -2.07. The highest BCUT2D eigenvalue weighted by Gasteiger charge is 2.13. The molecule has 0 atom stereocenters. The molecular weight excluding hydrogens is 303 g/mol. The number of carbonyl (C=O) groups excluding carboxylic acids is 1. The summed E-state index contributed by atoms with van der Waals surface area (Å²) in [5, 5.41) is 0. The van der Waals surface area contributed by atoms with Crippen molar-refractivity contribution in [1.82, 2.24) is 19.4 Å². The lowest BCUT2D eigenvalue weighted by atomic mass is 10.2. The van der Waals surface area contributed by atoms with Crippen LogP contribution in [0.3, 0.4) is 0 Å². The molecule has 118 valence electrons. The van der Waals surface area contributed by atoms with E-state index in [0.29, 0.717) is 11.3 Å². The molecule has 0 unspecified atom stereocenters. The van der Waals surface area contributed by atoms with E-state index in [1.807, 2.05) is 0 Å². The van der Waals surface area contributed by atoms with Gasteiger partial charge in [0.25, 0.3) is 0 Å². The quantitative estimate of drug-likeness (QED) is 0.528. The van der Waals surface area contributed by atoms with Gasteiger partial charge in [-0.05, 0) is 13.0 Å². The van der Waals surface area contributed by atoms with Gasteiger partial charge in [-0.3, -0.25) is 9.38 Å². The van der Waals surface area contributed by atoms with E-state index < -0.39 is 11.9 Å². The highest BCUT2D eigenvalue weighted by Crippen LogP contribution is 2.24. The Morgan fingerprint density at radius 1 is 1.35 bits per heavy atom. The van der Waals surface area contributed by atoms with Crippen LogP contribution in [0.2, 0.25) is 0 Å². The molecule has 0 bridgehead atoms. The third-order valence-electron chi connectivity index (χ3n) is 3.06. The molecule has 0 fully saturated rings. The van der Waals surface area contributed by atoms with Crippen LogP contribution in [0.5, 0.6) is 5.88 Å². The first-order valence-corrected chi connectivity index (χ1v) is 6.91. The number of hydrogen-bond acceptors (Lipinski definition) is 6. The Morgan fingerprint density at radius 3 is 3.00 bits per heavy atom. The van der Waals surface area contributed by atoms with Crippen molar-refractivity contribution in [2.24, 2.45) is 0 Å². The summed E-state index contributed by atoms with van der Waals surface area (Å²) in [4.78, 5) is 23.0. The number of ether oxygens (including phenoxy) is 2. The molecule has 0 aromatic carbocycles. The number of imidazole rings is 1. The molecule has 3 aromatic heterocycles. The third kappa shape index (κ3) is 3.10. The fourth-order valence-electron chi connectivity index (χ4n) is 2.07. The second kappa shape index (κ2) is 6.39. The Morgan fingerprint density at radius 2 is 2.22 bits per heavy atom. The number of esters is 1. The zero-order chi connectivity index (χ0) is 16.2. The molecular formula is C15H13FN4O3. The maximum atomic E-state index is 14.2. The zero-order valence-corrected chi connectivity index (χ0v) is 12.3. The monoisotopic (exact) mass is 316 g/mol. The second-order valence-corrected chi connectivity index (χ2v) is 4.53. The normalized spacial score (nSPS) is 10.7. The van der Waals surface area contributed by atoms with Crippen molar-refractivity contribution in [3.8, 4) is 17.1 Å². The summed E-state index contributed by atoms with van der Waals surface area (Å²) in [5.74, 6) is -1.24. The molecule has 3 rings (SSSR count). The van der Waals surface area contributed by atoms with E-state index in [4.69, 9.17) is 9.47 Å². The van der Waals surface area contributed by atoms with Gasteiger partial charge in [0.2, 0.25) is 11.8 Å². The summed E-state index contributed by atoms with van der Waals surface area (Å²) in [6, 6.07) is 3.00. The molecule has 0 radical (unpaired) electrons. The standard InChI is InChI=1S/C15H13FN4O3/c1-2-22-14(21)9-23-13-4-3-10(15(16)19-13)11-7-18-12-8-17-5-6-20(11)12/h3-8H,2,9H2,1H3. The van der Waals surface area contributed by atoms with Crippen molar-refractivity contribution in [2.75, 3.05) is 13.2 Å². The van der Waals surface area contributed by atoms with Gasteiger partial charge in [0.1, 0.15) is 0 Å². The minimum atomic E-state index is -0.718. The number of hydrogen-bond donors (Lipinski definition) is 0. The summed E-state index contributed by atoms with van der Waals surface area (Å²) >= 11 is 0. The predicted octanol–water partition coefficient (Wildman–Crippen LogP) is 1.87. The van der Waals surface area contributed by atoms with Crippen LogP contribution in [0.1, 0.15) is 6.92 Å². The number of nitrogens with zero attached hydrogens (tertiary/aromatic N) is 4. The van der Waals surface area contributed by atoms with E-state index in [1.165, 1.54) is 18.3 Å². The van der Waals surface area contributed by atoms with Crippen LogP contribution in [0.15, 0.2) is 36.9 Å². The van der Waals surface area contributed by atoms with Crippen molar-refractivity contribution in [3.05, 3.63) is 42.9 Å². The van der Waals surface area contributed by atoms with Gasteiger partial charge >= 0.3 is 5.97 Å². The van der Waals surface area contributed by atoms with Crippen molar-refractivity contribution in [1.29, 1.82) is 0 Å². The number of aromatic nitrogens is 4. The first-order chi connectivity index (χ1) is 11.2. The number of halogens is 1. The maximum Gasteiger partial charge on any atom is 0.344 e. The molecule has 0 aliphatic carbocycles. The number of pyridine rings is 1. The first-order valence-electron chi connectivity index (χ1n) is 6.91. The molecule has 0 spiro atoms. The van der Waals surface area contributed by atoms with Crippen LogP contribution in [-0.4, -0.2) is 38.5 Å². The van der Waals surface area contributed by atoms with Gasteiger partial charge in [-0.1, -0.05) is 0 Å². The molecule has 3 heterocycles.